The number of aryl methyl sites for hydroxylation is 1. The van der Waals surface area contributed by atoms with E-state index in [4.69, 9.17) is 5.11 Å². The van der Waals surface area contributed by atoms with E-state index < -0.39 is 29.4 Å². The normalized spacial score (nSPS) is 11.3. The van der Waals surface area contributed by atoms with Crippen molar-refractivity contribution in [1.29, 1.82) is 0 Å². The van der Waals surface area contributed by atoms with Gasteiger partial charge in [0.05, 0.1) is 6.20 Å². The maximum Gasteiger partial charge on any atom is 0.471 e. The van der Waals surface area contributed by atoms with Crippen LogP contribution < -0.4 is 5.32 Å². The van der Waals surface area contributed by atoms with Crippen LogP contribution in [0.5, 0.6) is 0 Å². The van der Waals surface area contributed by atoms with Crippen LogP contribution in [0, 0.1) is 0 Å². The third kappa shape index (κ3) is 2.99. The second kappa shape index (κ2) is 5.07. The van der Waals surface area contributed by atoms with Gasteiger partial charge in [-0.2, -0.15) is 18.3 Å². The fraction of sp³-hybridized carbons (Fsp3) is 0.444. The minimum absolute atomic E-state index is 0.195. The highest BCUT2D eigenvalue weighted by molar-refractivity contribution is 6.01. The van der Waals surface area contributed by atoms with Gasteiger partial charge in [-0.1, -0.05) is 6.92 Å². The van der Waals surface area contributed by atoms with Crippen LogP contribution in [0.4, 0.5) is 19.0 Å². The molecule has 0 aliphatic carbocycles. The van der Waals surface area contributed by atoms with E-state index in [-0.39, 0.29) is 6.54 Å². The summed E-state index contributed by atoms with van der Waals surface area (Å²) in [7, 11) is 0. The van der Waals surface area contributed by atoms with Crippen LogP contribution >= 0.6 is 0 Å². The molecule has 0 saturated heterocycles. The Kier molecular flexibility index (Phi) is 3.94. The molecule has 0 fully saturated rings. The van der Waals surface area contributed by atoms with Crippen molar-refractivity contribution in [3.63, 3.8) is 0 Å². The van der Waals surface area contributed by atoms with Crippen LogP contribution in [0.2, 0.25) is 0 Å². The lowest BCUT2D eigenvalue weighted by Crippen LogP contribution is -2.31. The highest BCUT2D eigenvalue weighted by Gasteiger charge is 2.40. The van der Waals surface area contributed by atoms with Crippen LogP contribution in [0.25, 0.3) is 0 Å². The number of aromatic carboxylic acids is 1. The molecule has 1 amide bonds. The first-order chi connectivity index (χ1) is 8.27. The van der Waals surface area contributed by atoms with E-state index in [1.165, 1.54) is 5.32 Å². The second-order valence-electron chi connectivity index (χ2n) is 3.39. The van der Waals surface area contributed by atoms with Crippen LogP contribution in [-0.4, -0.2) is 32.9 Å². The van der Waals surface area contributed by atoms with Crippen molar-refractivity contribution in [2.45, 2.75) is 26.1 Å². The lowest BCUT2D eigenvalue weighted by atomic mass is 10.3. The van der Waals surface area contributed by atoms with E-state index in [9.17, 15) is 22.8 Å². The van der Waals surface area contributed by atoms with E-state index >= 15 is 0 Å². The van der Waals surface area contributed by atoms with Gasteiger partial charge in [0.1, 0.15) is 11.4 Å². The maximum absolute atomic E-state index is 12.1. The van der Waals surface area contributed by atoms with Crippen molar-refractivity contribution in [1.82, 2.24) is 9.78 Å². The van der Waals surface area contributed by atoms with E-state index in [0.29, 0.717) is 6.42 Å². The summed E-state index contributed by atoms with van der Waals surface area (Å²) >= 11 is 0. The highest BCUT2D eigenvalue weighted by atomic mass is 19.4. The molecule has 2 N–H and O–H groups in total. The number of carboxylic acids is 1. The zero-order valence-corrected chi connectivity index (χ0v) is 9.28. The number of anilines is 1. The van der Waals surface area contributed by atoms with Crippen LogP contribution in [0.3, 0.4) is 0 Å². The quantitative estimate of drug-likeness (QED) is 0.863. The summed E-state index contributed by atoms with van der Waals surface area (Å²) in [4.78, 5) is 21.6. The maximum atomic E-state index is 12.1. The number of amides is 1. The predicted molar refractivity (Wildman–Crippen MR) is 54.2 cm³/mol. The van der Waals surface area contributed by atoms with Crippen molar-refractivity contribution >= 4 is 17.7 Å². The average molecular weight is 265 g/mol. The lowest BCUT2D eigenvalue weighted by Gasteiger charge is -2.10. The number of halogens is 3. The third-order valence-corrected chi connectivity index (χ3v) is 1.99. The lowest BCUT2D eigenvalue weighted by molar-refractivity contribution is -0.167. The molecule has 1 aromatic heterocycles. The molecule has 0 aliphatic rings. The number of carboxylic acid groups (broad SMARTS) is 1. The van der Waals surface area contributed by atoms with Gasteiger partial charge >= 0.3 is 18.1 Å². The van der Waals surface area contributed by atoms with Gasteiger partial charge in [0.25, 0.3) is 0 Å². The monoisotopic (exact) mass is 265 g/mol. The molecule has 6 nitrogen and oxygen atoms in total. The van der Waals surface area contributed by atoms with Gasteiger partial charge < -0.3 is 10.4 Å². The largest absolute Gasteiger partial charge is 0.477 e. The van der Waals surface area contributed by atoms with Crippen molar-refractivity contribution in [3.8, 4) is 0 Å². The summed E-state index contributed by atoms with van der Waals surface area (Å²) in [5, 5.41) is 13.9. The number of hydrogen-bond donors (Lipinski definition) is 2. The first kappa shape index (κ1) is 14.0. The third-order valence-electron chi connectivity index (χ3n) is 1.99. The van der Waals surface area contributed by atoms with E-state index in [1.54, 1.807) is 6.92 Å². The molecule has 0 atom stereocenters. The van der Waals surface area contributed by atoms with Gasteiger partial charge in [0.2, 0.25) is 0 Å². The number of hydrogen-bond acceptors (Lipinski definition) is 3. The number of nitrogens with one attached hydrogen (secondary N) is 1. The molecule has 1 aromatic rings. The standard InChI is InChI=1S/C9H10F3N3O3/c1-2-3-15-6(5(4-13-15)7(16)17)14-8(18)9(10,11)12/h4H,2-3H2,1H3,(H,14,18)(H,16,17). The molecular formula is C9H10F3N3O3. The number of aromatic nitrogens is 2. The molecule has 0 aromatic carbocycles. The summed E-state index contributed by atoms with van der Waals surface area (Å²) in [5.41, 5.74) is -0.485. The molecule has 9 heteroatoms. The van der Waals surface area contributed by atoms with Gasteiger partial charge in [-0.25, -0.2) is 9.48 Å². The van der Waals surface area contributed by atoms with Crippen LogP contribution in [0.15, 0.2) is 6.20 Å². The molecule has 18 heavy (non-hydrogen) atoms. The Balaban J connectivity index is 3.08. The first-order valence-corrected chi connectivity index (χ1v) is 4.94. The van der Waals surface area contributed by atoms with Crippen molar-refractivity contribution in [2.75, 3.05) is 5.32 Å². The molecular weight excluding hydrogens is 255 g/mol. The number of alkyl halides is 3. The topological polar surface area (TPSA) is 84.2 Å². The average Bonchev–Trinajstić information content (AvgIpc) is 2.61. The SMILES string of the molecule is CCCn1ncc(C(=O)O)c1NC(=O)C(F)(F)F. The number of carbonyl (C=O) groups excluding carboxylic acids is 1. The molecule has 0 bridgehead atoms. The summed E-state index contributed by atoms with van der Waals surface area (Å²) in [6.07, 6.45) is -3.67. The Labute approximate surface area is 99.4 Å². The van der Waals surface area contributed by atoms with Gasteiger partial charge in [-0.3, -0.25) is 4.79 Å². The predicted octanol–water partition coefficient (Wildman–Crippen LogP) is 1.49. The number of nitrogens with zero attached hydrogens (tertiary/aromatic N) is 2. The zero-order valence-electron chi connectivity index (χ0n) is 9.28. The van der Waals surface area contributed by atoms with Gasteiger partial charge in [-0.15, -0.1) is 0 Å². The molecule has 1 heterocycles. The molecule has 100 valence electrons. The summed E-state index contributed by atoms with van der Waals surface area (Å²) in [6.45, 7) is 1.93. The minimum Gasteiger partial charge on any atom is -0.477 e. The fourth-order valence-corrected chi connectivity index (χ4v) is 1.23. The first-order valence-electron chi connectivity index (χ1n) is 4.94. The number of carbonyl (C=O) groups is 2. The Hall–Kier alpha value is -2.06. The highest BCUT2D eigenvalue weighted by Crippen LogP contribution is 2.21. The van der Waals surface area contributed by atoms with Gasteiger partial charge in [0.15, 0.2) is 0 Å². The molecule has 1 rings (SSSR count). The molecule has 0 spiro atoms. The summed E-state index contributed by atoms with van der Waals surface area (Å²) in [6, 6.07) is 0. The molecule has 0 radical (unpaired) electrons. The Bertz CT molecular complexity index is 467. The summed E-state index contributed by atoms with van der Waals surface area (Å²) in [5.74, 6) is -4.16. The van der Waals surface area contributed by atoms with E-state index in [1.807, 2.05) is 0 Å². The smallest absolute Gasteiger partial charge is 0.471 e. The number of rotatable bonds is 4. The Morgan fingerprint density at radius 1 is 1.50 bits per heavy atom. The Morgan fingerprint density at radius 2 is 2.11 bits per heavy atom. The second-order valence-corrected chi connectivity index (χ2v) is 3.39. The van der Waals surface area contributed by atoms with Gasteiger partial charge in [0, 0.05) is 6.54 Å². The van der Waals surface area contributed by atoms with E-state index in [0.717, 1.165) is 10.9 Å². The van der Waals surface area contributed by atoms with Crippen molar-refractivity contribution in [3.05, 3.63) is 11.8 Å². The minimum atomic E-state index is -5.09. The fourth-order valence-electron chi connectivity index (χ4n) is 1.23. The molecule has 0 saturated carbocycles. The zero-order chi connectivity index (χ0) is 13.9. The van der Waals surface area contributed by atoms with Crippen molar-refractivity contribution in [2.24, 2.45) is 0 Å². The Morgan fingerprint density at radius 3 is 2.56 bits per heavy atom. The van der Waals surface area contributed by atoms with Crippen LogP contribution in [0.1, 0.15) is 23.7 Å². The van der Waals surface area contributed by atoms with Crippen molar-refractivity contribution < 1.29 is 27.9 Å². The molecule has 0 unspecified atom stereocenters. The molecule has 0 aliphatic heterocycles. The summed E-state index contributed by atoms with van der Waals surface area (Å²) < 4.78 is 37.3. The van der Waals surface area contributed by atoms with Crippen LogP contribution in [-0.2, 0) is 11.3 Å². The van der Waals surface area contributed by atoms with Gasteiger partial charge in [-0.05, 0) is 6.42 Å². The van der Waals surface area contributed by atoms with E-state index in [2.05, 4.69) is 5.10 Å².